The van der Waals surface area contributed by atoms with Crippen LogP contribution in [-0.4, -0.2) is 50.6 Å². The number of hydrogen-bond acceptors (Lipinski definition) is 4. The van der Waals surface area contributed by atoms with Gasteiger partial charge in [-0.05, 0) is 12.1 Å². The van der Waals surface area contributed by atoms with E-state index in [2.05, 4.69) is 31.5 Å². The van der Waals surface area contributed by atoms with Crippen LogP contribution in [0.25, 0.3) is 0 Å². The number of carbonyl (C=O) groups is 1. The zero-order chi connectivity index (χ0) is 13.7. The van der Waals surface area contributed by atoms with E-state index >= 15 is 0 Å². The Bertz CT molecular complexity index is 448. The maximum absolute atomic E-state index is 12.0. The van der Waals surface area contributed by atoms with Gasteiger partial charge in [0.2, 0.25) is 5.91 Å². The van der Waals surface area contributed by atoms with Crippen molar-refractivity contribution in [2.24, 2.45) is 0 Å². The molecule has 1 aromatic rings. The normalized spacial score (nSPS) is 16.1. The van der Waals surface area contributed by atoms with Gasteiger partial charge in [0, 0.05) is 42.4 Å². The van der Waals surface area contributed by atoms with Crippen LogP contribution in [0.4, 0.5) is 5.69 Å². The molecular formula is C13H18BrN3O2. The molecule has 1 saturated heterocycles. The number of ether oxygens (including phenoxy) is 1. The fourth-order valence-electron chi connectivity index (χ4n) is 2.03. The maximum atomic E-state index is 12.0. The molecule has 1 fully saturated rings. The van der Waals surface area contributed by atoms with Crippen LogP contribution in [0, 0.1) is 0 Å². The molecular weight excluding hydrogens is 310 g/mol. The number of nitrogens with zero attached hydrogens (tertiary/aromatic N) is 1. The lowest BCUT2D eigenvalue weighted by atomic mass is 10.3. The Labute approximate surface area is 121 Å². The highest BCUT2D eigenvalue weighted by Crippen LogP contribution is 2.24. The molecule has 1 aromatic carbocycles. The maximum Gasteiger partial charge on any atom is 0.238 e. The molecule has 5 nitrogen and oxygen atoms in total. The number of piperazine rings is 1. The summed E-state index contributed by atoms with van der Waals surface area (Å²) < 4.78 is 6.05. The second kappa shape index (κ2) is 6.88. The van der Waals surface area contributed by atoms with Crippen LogP contribution in [-0.2, 0) is 4.79 Å². The molecule has 0 atom stereocenters. The molecule has 0 spiro atoms. The molecule has 0 saturated carbocycles. The number of amides is 1. The monoisotopic (exact) mass is 327 g/mol. The van der Waals surface area contributed by atoms with E-state index in [1.165, 1.54) is 0 Å². The number of carbonyl (C=O) groups excluding carboxylic acids is 1. The van der Waals surface area contributed by atoms with E-state index in [4.69, 9.17) is 4.74 Å². The number of nitrogens with one attached hydrogen (secondary N) is 2. The Morgan fingerprint density at radius 2 is 2.16 bits per heavy atom. The van der Waals surface area contributed by atoms with Gasteiger partial charge in [-0.2, -0.15) is 0 Å². The third kappa shape index (κ3) is 4.49. The molecule has 1 aliphatic heterocycles. The number of halogens is 1. The van der Waals surface area contributed by atoms with E-state index in [1.54, 1.807) is 13.2 Å². The quantitative estimate of drug-likeness (QED) is 0.875. The molecule has 1 amide bonds. The Morgan fingerprint density at radius 1 is 1.42 bits per heavy atom. The van der Waals surface area contributed by atoms with Gasteiger partial charge in [0.25, 0.3) is 0 Å². The molecule has 0 unspecified atom stereocenters. The van der Waals surface area contributed by atoms with Gasteiger partial charge in [-0.3, -0.25) is 9.69 Å². The van der Waals surface area contributed by atoms with E-state index in [1.807, 2.05) is 12.1 Å². The van der Waals surface area contributed by atoms with Gasteiger partial charge in [0.15, 0.2) is 0 Å². The Balaban J connectivity index is 1.92. The van der Waals surface area contributed by atoms with Gasteiger partial charge < -0.3 is 15.4 Å². The van der Waals surface area contributed by atoms with E-state index in [0.29, 0.717) is 12.3 Å². The highest BCUT2D eigenvalue weighted by Gasteiger charge is 2.13. The van der Waals surface area contributed by atoms with Crippen molar-refractivity contribution in [3.8, 4) is 5.75 Å². The third-order valence-electron chi connectivity index (χ3n) is 2.97. The molecule has 1 heterocycles. The van der Waals surface area contributed by atoms with Crippen molar-refractivity contribution >= 4 is 27.5 Å². The molecule has 6 heteroatoms. The lowest BCUT2D eigenvalue weighted by Gasteiger charge is -2.26. The van der Waals surface area contributed by atoms with E-state index < -0.39 is 0 Å². The first-order valence-electron chi connectivity index (χ1n) is 6.25. The summed E-state index contributed by atoms with van der Waals surface area (Å²) in [6, 6.07) is 5.52. The van der Waals surface area contributed by atoms with Gasteiger partial charge >= 0.3 is 0 Å². The molecule has 1 aliphatic rings. The minimum atomic E-state index is 0.00190. The van der Waals surface area contributed by atoms with Crippen molar-refractivity contribution < 1.29 is 9.53 Å². The summed E-state index contributed by atoms with van der Waals surface area (Å²) in [5.41, 5.74) is 0.742. The Kier molecular flexibility index (Phi) is 5.18. The van der Waals surface area contributed by atoms with Crippen molar-refractivity contribution in [2.75, 3.05) is 45.2 Å². The summed E-state index contributed by atoms with van der Waals surface area (Å²) in [4.78, 5) is 14.1. The van der Waals surface area contributed by atoms with Crippen molar-refractivity contribution in [3.05, 3.63) is 22.7 Å². The van der Waals surface area contributed by atoms with Gasteiger partial charge in [-0.1, -0.05) is 15.9 Å². The summed E-state index contributed by atoms with van der Waals surface area (Å²) in [6.45, 7) is 4.14. The number of anilines is 1. The molecule has 2 N–H and O–H groups in total. The molecule has 19 heavy (non-hydrogen) atoms. The van der Waals surface area contributed by atoms with Crippen molar-refractivity contribution in [2.45, 2.75) is 0 Å². The summed E-state index contributed by atoms with van der Waals surface area (Å²) in [7, 11) is 1.61. The fraction of sp³-hybridized carbons (Fsp3) is 0.462. The third-order valence-corrected chi connectivity index (χ3v) is 3.43. The minimum Gasteiger partial charge on any atom is -0.497 e. The van der Waals surface area contributed by atoms with Gasteiger partial charge in [-0.15, -0.1) is 0 Å². The second-order valence-corrected chi connectivity index (χ2v) is 5.37. The fourth-order valence-corrected chi connectivity index (χ4v) is 2.50. The zero-order valence-corrected chi connectivity index (χ0v) is 12.5. The highest BCUT2D eigenvalue weighted by atomic mass is 79.9. The van der Waals surface area contributed by atoms with Crippen LogP contribution in [0.15, 0.2) is 22.7 Å². The number of rotatable bonds is 4. The van der Waals surface area contributed by atoms with Crippen molar-refractivity contribution in [3.63, 3.8) is 0 Å². The average molecular weight is 328 g/mol. The lowest BCUT2D eigenvalue weighted by molar-refractivity contribution is -0.117. The molecule has 2 rings (SSSR count). The summed E-state index contributed by atoms with van der Waals surface area (Å²) >= 11 is 3.39. The second-order valence-electron chi connectivity index (χ2n) is 4.45. The van der Waals surface area contributed by atoms with Crippen LogP contribution in [0.5, 0.6) is 5.75 Å². The summed E-state index contributed by atoms with van der Waals surface area (Å²) in [6.07, 6.45) is 0. The van der Waals surface area contributed by atoms with Crippen LogP contribution in [0.1, 0.15) is 0 Å². The van der Waals surface area contributed by atoms with E-state index in [-0.39, 0.29) is 5.91 Å². The summed E-state index contributed by atoms with van der Waals surface area (Å²) in [5.74, 6) is 0.717. The predicted octanol–water partition coefficient (Wildman–Crippen LogP) is 1.30. The first-order chi connectivity index (χ1) is 9.17. The molecule has 0 bridgehead atoms. The standard InChI is InChI=1S/C13H18BrN3O2/c1-19-12-7-10(14)6-11(8-12)16-13(18)9-17-4-2-15-3-5-17/h6-8,15H,2-5,9H2,1H3,(H,16,18). The van der Waals surface area contributed by atoms with Crippen LogP contribution in [0.2, 0.25) is 0 Å². The topological polar surface area (TPSA) is 53.6 Å². The van der Waals surface area contributed by atoms with Crippen molar-refractivity contribution in [1.29, 1.82) is 0 Å². The van der Waals surface area contributed by atoms with E-state index in [9.17, 15) is 4.79 Å². The van der Waals surface area contributed by atoms with Gasteiger partial charge in [0.1, 0.15) is 5.75 Å². The van der Waals surface area contributed by atoms with Crippen LogP contribution < -0.4 is 15.4 Å². The molecule has 0 radical (unpaired) electrons. The Morgan fingerprint density at radius 3 is 2.84 bits per heavy atom. The largest absolute Gasteiger partial charge is 0.497 e. The number of hydrogen-bond donors (Lipinski definition) is 2. The Hall–Kier alpha value is -1.11. The predicted molar refractivity (Wildman–Crippen MR) is 78.6 cm³/mol. The average Bonchev–Trinajstić information content (AvgIpc) is 2.38. The molecule has 0 aliphatic carbocycles. The number of benzene rings is 1. The van der Waals surface area contributed by atoms with Crippen molar-refractivity contribution in [1.82, 2.24) is 10.2 Å². The lowest BCUT2D eigenvalue weighted by Crippen LogP contribution is -2.46. The highest BCUT2D eigenvalue weighted by molar-refractivity contribution is 9.10. The zero-order valence-electron chi connectivity index (χ0n) is 10.9. The van der Waals surface area contributed by atoms with Crippen LogP contribution in [0.3, 0.4) is 0 Å². The van der Waals surface area contributed by atoms with Gasteiger partial charge in [-0.25, -0.2) is 0 Å². The van der Waals surface area contributed by atoms with Gasteiger partial charge in [0.05, 0.1) is 13.7 Å². The minimum absolute atomic E-state index is 0.00190. The SMILES string of the molecule is COc1cc(Br)cc(NC(=O)CN2CCNCC2)c1. The number of methoxy groups -OCH3 is 1. The van der Waals surface area contributed by atoms with E-state index in [0.717, 1.165) is 36.3 Å². The first kappa shape index (κ1) is 14.3. The summed E-state index contributed by atoms with van der Waals surface area (Å²) in [5, 5.41) is 6.16. The molecule has 0 aromatic heterocycles. The van der Waals surface area contributed by atoms with Crippen LogP contribution >= 0.6 is 15.9 Å². The smallest absolute Gasteiger partial charge is 0.238 e. The first-order valence-corrected chi connectivity index (χ1v) is 7.04. The molecule has 104 valence electrons.